The molecule has 2 aromatic carbocycles. The lowest BCUT2D eigenvalue weighted by Crippen LogP contribution is -2.31. The molecule has 0 bridgehead atoms. The average molecular weight is 401 g/mol. The van der Waals surface area contributed by atoms with Crippen molar-refractivity contribution in [3.63, 3.8) is 0 Å². The lowest BCUT2D eigenvalue weighted by atomic mass is 10.1. The summed E-state index contributed by atoms with van der Waals surface area (Å²) in [5.41, 5.74) is 2.71. The van der Waals surface area contributed by atoms with Gasteiger partial charge in [0.15, 0.2) is 11.5 Å². The highest BCUT2D eigenvalue weighted by molar-refractivity contribution is 7.89. The van der Waals surface area contributed by atoms with Gasteiger partial charge < -0.3 is 9.73 Å². The summed E-state index contributed by atoms with van der Waals surface area (Å²) in [6.07, 6.45) is 0. The molecule has 0 aliphatic heterocycles. The quantitative estimate of drug-likeness (QED) is 0.679. The summed E-state index contributed by atoms with van der Waals surface area (Å²) >= 11 is 0. The molecule has 28 heavy (non-hydrogen) atoms. The number of benzene rings is 2. The van der Waals surface area contributed by atoms with Crippen molar-refractivity contribution in [2.24, 2.45) is 0 Å². The smallest absolute Gasteiger partial charge is 0.255 e. The second-order valence-corrected chi connectivity index (χ2v) is 8.35. The van der Waals surface area contributed by atoms with Crippen molar-refractivity contribution in [3.8, 4) is 0 Å². The first kappa shape index (κ1) is 20.0. The Morgan fingerprint density at radius 3 is 2.50 bits per heavy atom. The van der Waals surface area contributed by atoms with Crippen molar-refractivity contribution >= 4 is 32.7 Å². The second-order valence-electron chi connectivity index (χ2n) is 6.44. The number of rotatable bonds is 6. The van der Waals surface area contributed by atoms with Gasteiger partial charge in [0, 0.05) is 31.3 Å². The maximum atomic E-state index is 12.9. The Bertz CT molecular complexity index is 1130. The van der Waals surface area contributed by atoms with Crippen LogP contribution in [-0.2, 0) is 10.0 Å². The molecule has 0 radical (unpaired) electrons. The lowest BCUT2D eigenvalue weighted by Gasteiger charge is -2.20. The topological polar surface area (TPSA) is 92.5 Å². The molecule has 0 aliphatic rings. The molecule has 1 amide bonds. The fraction of sp³-hybridized carbons (Fsp3) is 0.300. The van der Waals surface area contributed by atoms with Gasteiger partial charge >= 0.3 is 0 Å². The van der Waals surface area contributed by atoms with E-state index in [9.17, 15) is 13.2 Å². The number of aryl methyl sites for hydroxylation is 2. The van der Waals surface area contributed by atoms with Crippen molar-refractivity contribution in [3.05, 3.63) is 53.4 Å². The van der Waals surface area contributed by atoms with Crippen molar-refractivity contribution < 1.29 is 17.6 Å². The van der Waals surface area contributed by atoms with Crippen LogP contribution in [0.3, 0.4) is 0 Å². The summed E-state index contributed by atoms with van der Waals surface area (Å²) in [7, 11) is -3.66. The number of nitrogens with zero attached hydrogens (tertiary/aromatic N) is 2. The highest BCUT2D eigenvalue weighted by Crippen LogP contribution is 2.23. The fourth-order valence-electron chi connectivity index (χ4n) is 3.05. The molecular formula is C20H23N3O4S. The molecule has 1 N–H and O–H groups in total. The van der Waals surface area contributed by atoms with E-state index < -0.39 is 15.9 Å². The Labute approximate surface area is 164 Å². The van der Waals surface area contributed by atoms with Crippen molar-refractivity contribution in [1.29, 1.82) is 0 Å². The maximum absolute atomic E-state index is 12.9. The average Bonchev–Trinajstić information content (AvgIpc) is 3.02. The van der Waals surface area contributed by atoms with Gasteiger partial charge in [-0.05, 0) is 42.8 Å². The van der Waals surface area contributed by atoms with Gasteiger partial charge in [0.1, 0.15) is 5.52 Å². The lowest BCUT2D eigenvalue weighted by molar-refractivity contribution is 0.102. The van der Waals surface area contributed by atoms with Crippen LogP contribution in [0.15, 0.2) is 45.7 Å². The Morgan fingerprint density at radius 2 is 1.82 bits per heavy atom. The first-order chi connectivity index (χ1) is 13.3. The predicted octanol–water partition coefficient (Wildman–Crippen LogP) is 3.73. The molecule has 0 fully saturated rings. The Kier molecular flexibility index (Phi) is 5.53. The van der Waals surface area contributed by atoms with Crippen molar-refractivity contribution in [1.82, 2.24) is 9.29 Å². The van der Waals surface area contributed by atoms with E-state index in [-0.39, 0.29) is 10.5 Å². The fourth-order valence-corrected chi connectivity index (χ4v) is 4.75. The zero-order chi connectivity index (χ0) is 20.5. The molecular weight excluding hydrogens is 378 g/mol. The zero-order valence-electron chi connectivity index (χ0n) is 16.3. The number of anilines is 1. The van der Waals surface area contributed by atoms with E-state index in [4.69, 9.17) is 4.42 Å². The van der Waals surface area contributed by atoms with Gasteiger partial charge in [-0.3, -0.25) is 4.79 Å². The molecule has 0 saturated heterocycles. The molecule has 1 aromatic heterocycles. The molecule has 1 heterocycles. The Balaban J connectivity index is 1.91. The van der Waals surface area contributed by atoms with Crippen LogP contribution in [0, 0.1) is 13.8 Å². The monoisotopic (exact) mass is 401 g/mol. The first-order valence-electron chi connectivity index (χ1n) is 9.05. The number of hydrogen-bond acceptors (Lipinski definition) is 5. The third-order valence-electron chi connectivity index (χ3n) is 4.53. The Hall–Kier alpha value is -2.71. The number of fused-ring (bicyclic) bond motifs is 1. The van der Waals surface area contributed by atoms with Gasteiger partial charge in [0.05, 0.1) is 4.90 Å². The third-order valence-corrected chi connectivity index (χ3v) is 6.72. The van der Waals surface area contributed by atoms with E-state index in [1.807, 2.05) is 0 Å². The number of carbonyl (C=O) groups excluding carboxylic acids is 1. The van der Waals surface area contributed by atoms with Crippen LogP contribution in [-0.4, -0.2) is 36.7 Å². The van der Waals surface area contributed by atoms with Gasteiger partial charge in [-0.1, -0.05) is 19.9 Å². The Morgan fingerprint density at radius 1 is 1.11 bits per heavy atom. The standard InChI is InChI=1S/C20H23N3O4S/c1-5-23(6-2)28(25,26)19-11-15(8-7-13(19)3)20(24)22-16-9-10-18-17(12-16)21-14(4)27-18/h7-12H,5-6H2,1-4H3,(H,22,24). The second kappa shape index (κ2) is 7.73. The summed E-state index contributed by atoms with van der Waals surface area (Å²) < 4.78 is 32.5. The maximum Gasteiger partial charge on any atom is 0.255 e. The highest BCUT2D eigenvalue weighted by atomic mass is 32.2. The minimum atomic E-state index is -3.66. The van der Waals surface area contributed by atoms with Gasteiger partial charge in [-0.25, -0.2) is 13.4 Å². The van der Waals surface area contributed by atoms with Crippen molar-refractivity contribution in [2.45, 2.75) is 32.6 Å². The van der Waals surface area contributed by atoms with Gasteiger partial charge in [0.25, 0.3) is 5.91 Å². The third kappa shape index (κ3) is 3.79. The molecule has 0 spiro atoms. The van der Waals surface area contributed by atoms with Crippen LogP contribution in [0.4, 0.5) is 5.69 Å². The summed E-state index contributed by atoms with van der Waals surface area (Å²) in [5, 5.41) is 2.79. The molecule has 0 aliphatic carbocycles. The van der Waals surface area contributed by atoms with Crippen LogP contribution in [0.1, 0.15) is 35.7 Å². The SMILES string of the molecule is CCN(CC)S(=O)(=O)c1cc(C(=O)Nc2ccc3oc(C)nc3c2)ccc1C. The number of oxazole rings is 1. The van der Waals surface area contributed by atoms with E-state index in [0.29, 0.717) is 41.3 Å². The van der Waals surface area contributed by atoms with Crippen LogP contribution in [0.5, 0.6) is 0 Å². The van der Waals surface area contributed by atoms with Crippen LogP contribution < -0.4 is 5.32 Å². The molecule has 7 nitrogen and oxygen atoms in total. The van der Waals surface area contributed by atoms with Crippen LogP contribution in [0.2, 0.25) is 0 Å². The predicted molar refractivity (Wildman–Crippen MR) is 108 cm³/mol. The normalized spacial score (nSPS) is 11.9. The molecule has 0 unspecified atom stereocenters. The van der Waals surface area contributed by atoms with Gasteiger partial charge in [-0.15, -0.1) is 0 Å². The summed E-state index contributed by atoms with van der Waals surface area (Å²) in [6.45, 7) is 7.78. The summed E-state index contributed by atoms with van der Waals surface area (Å²) in [5.74, 6) is 0.152. The number of carbonyl (C=O) groups is 1. The summed E-state index contributed by atoms with van der Waals surface area (Å²) in [4.78, 5) is 17.1. The first-order valence-corrected chi connectivity index (χ1v) is 10.5. The van der Waals surface area contributed by atoms with E-state index in [0.717, 1.165) is 0 Å². The minimum absolute atomic E-state index is 0.145. The molecule has 3 aromatic rings. The van der Waals surface area contributed by atoms with Crippen LogP contribution >= 0.6 is 0 Å². The van der Waals surface area contributed by atoms with Gasteiger partial charge in [0.2, 0.25) is 10.0 Å². The summed E-state index contributed by atoms with van der Waals surface area (Å²) in [6, 6.07) is 9.85. The minimum Gasteiger partial charge on any atom is -0.441 e. The molecule has 8 heteroatoms. The molecule has 148 valence electrons. The van der Waals surface area contributed by atoms with Crippen molar-refractivity contribution in [2.75, 3.05) is 18.4 Å². The van der Waals surface area contributed by atoms with Crippen LogP contribution in [0.25, 0.3) is 11.1 Å². The molecule has 0 saturated carbocycles. The van der Waals surface area contributed by atoms with E-state index in [2.05, 4.69) is 10.3 Å². The largest absolute Gasteiger partial charge is 0.441 e. The van der Waals surface area contributed by atoms with E-state index in [1.54, 1.807) is 58.0 Å². The van der Waals surface area contributed by atoms with Gasteiger partial charge in [-0.2, -0.15) is 4.31 Å². The van der Waals surface area contributed by atoms with E-state index >= 15 is 0 Å². The number of hydrogen-bond donors (Lipinski definition) is 1. The number of aromatic nitrogens is 1. The molecule has 3 rings (SSSR count). The number of amides is 1. The number of nitrogens with one attached hydrogen (secondary N) is 1. The zero-order valence-corrected chi connectivity index (χ0v) is 17.1. The highest BCUT2D eigenvalue weighted by Gasteiger charge is 2.24. The number of sulfonamides is 1. The molecule has 0 atom stereocenters. The van der Waals surface area contributed by atoms with E-state index in [1.165, 1.54) is 10.4 Å².